The number of hydrogen-bond acceptors (Lipinski definition) is 8. The molecule has 0 atom stereocenters. The van der Waals surface area contributed by atoms with E-state index in [1.165, 1.54) is 0 Å². The molecule has 0 saturated carbocycles. The molecule has 6 rings (SSSR count). The van der Waals surface area contributed by atoms with E-state index < -0.39 is 0 Å². The van der Waals surface area contributed by atoms with E-state index >= 15 is 0 Å². The number of hydrogen-bond donors (Lipinski definition) is 1. The number of piperidine rings is 1. The highest BCUT2D eigenvalue weighted by Crippen LogP contribution is 2.23. The normalized spacial score (nSPS) is 15.0. The molecule has 11 nitrogen and oxygen atoms in total. The van der Waals surface area contributed by atoms with Crippen molar-refractivity contribution in [2.45, 2.75) is 32.4 Å². The summed E-state index contributed by atoms with van der Waals surface area (Å²) >= 11 is 0. The molecule has 1 aromatic carbocycles. The summed E-state index contributed by atoms with van der Waals surface area (Å²) in [7, 11) is 4.03. The van der Waals surface area contributed by atoms with Crippen LogP contribution >= 0.6 is 0 Å². The zero-order chi connectivity index (χ0) is 25.5. The van der Waals surface area contributed by atoms with Crippen molar-refractivity contribution in [2.24, 2.45) is 7.05 Å². The summed E-state index contributed by atoms with van der Waals surface area (Å²) in [5.41, 5.74) is 2.18. The highest BCUT2D eigenvalue weighted by Gasteiger charge is 2.21. The monoisotopic (exact) mass is 499 g/mol. The second kappa shape index (κ2) is 9.32. The van der Waals surface area contributed by atoms with Crippen LogP contribution in [-0.2, 0) is 13.6 Å². The maximum absolute atomic E-state index is 13.2. The lowest BCUT2D eigenvalue weighted by Gasteiger charge is -2.29. The van der Waals surface area contributed by atoms with Crippen molar-refractivity contribution in [2.75, 3.05) is 25.5 Å². The van der Waals surface area contributed by atoms with E-state index in [1.54, 1.807) is 15.6 Å². The summed E-state index contributed by atoms with van der Waals surface area (Å²) in [5, 5.41) is 8.99. The van der Waals surface area contributed by atoms with Crippen LogP contribution in [0.1, 0.15) is 19.8 Å². The summed E-state index contributed by atoms with van der Waals surface area (Å²) in [6.45, 7) is 4.38. The molecular weight excluding hydrogens is 470 g/mol. The fourth-order valence-electron chi connectivity index (χ4n) is 4.84. The van der Waals surface area contributed by atoms with Gasteiger partial charge in [-0.15, -0.1) is 0 Å². The molecule has 1 N–H and O–H groups in total. The van der Waals surface area contributed by atoms with Gasteiger partial charge in [0.25, 0.3) is 5.56 Å². The number of ether oxygens (including phenoxy) is 1. The summed E-state index contributed by atoms with van der Waals surface area (Å²) < 4.78 is 11.4. The Kier molecular flexibility index (Phi) is 5.84. The number of likely N-dealkylation sites (tertiary alicyclic amines) is 1. The molecule has 0 aliphatic carbocycles. The minimum Gasteiger partial charge on any atom is -0.474 e. The highest BCUT2D eigenvalue weighted by atomic mass is 16.5. The van der Waals surface area contributed by atoms with Crippen molar-refractivity contribution in [3.63, 3.8) is 0 Å². The van der Waals surface area contributed by atoms with Crippen LogP contribution in [0.4, 0.5) is 11.6 Å². The first-order valence-electron chi connectivity index (χ1n) is 12.5. The van der Waals surface area contributed by atoms with E-state index in [-0.39, 0.29) is 11.7 Å². The summed E-state index contributed by atoms with van der Waals surface area (Å²) in [4.78, 5) is 29.4. The number of nitrogens with one attached hydrogen (secondary N) is 1. The van der Waals surface area contributed by atoms with Crippen molar-refractivity contribution in [3.8, 4) is 11.7 Å². The molecule has 1 aliphatic rings. The highest BCUT2D eigenvalue weighted by molar-refractivity contribution is 5.83. The van der Waals surface area contributed by atoms with Gasteiger partial charge in [0.15, 0.2) is 11.5 Å². The molecule has 0 bridgehead atoms. The number of rotatable bonds is 6. The van der Waals surface area contributed by atoms with Crippen LogP contribution in [0.15, 0.2) is 53.6 Å². The van der Waals surface area contributed by atoms with E-state index in [0.29, 0.717) is 35.2 Å². The predicted octanol–water partition coefficient (Wildman–Crippen LogP) is 3.10. The molecule has 5 heterocycles. The Labute approximate surface area is 213 Å². The zero-order valence-electron chi connectivity index (χ0n) is 21.1. The third-order valence-electron chi connectivity index (χ3n) is 6.86. The van der Waals surface area contributed by atoms with E-state index in [2.05, 4.69) is 27.3 Å². The Morgan fingerprint density at radius 3 is 2.73 bits per heavy atom. The average Bonchev–Trinajstić information content (AvgIpc) is 3.41. The molecular formula is C26H29N9O2. The lowest BCUT2D eigenvalue weighted by molar-refractivity contribution is 0.110. The van der Waals surface area contributed by atoms with Crippen molar-refractivity contribution in [1.29, 1.82) is 0 Å². The molecule has 1 saturated heterocycles. The smallest absolute Gasteiger partial charge is 0.278 e. The van der Waals surface area contributed by atoms with Gasteiger partial charge in [0.1, 0.15) is 11.5 Å². The number of aromatic nitrogens is 7. The molecule has 0 radical (unpaired) electrons. The Bertz CT molecular complexity index is 1640. The first-order chi connectivity index (χ1) is 18.0. The molecule has 1 aliphatic heterocycles. The molecule has 4 aromatic heterocycles. The van der Waals surface area contributed by atoms with Crippen LogP contribution in [0.2, 0.25) is 0 Å². The Balaban J connectivity index is 1.36. The van der Waals surface area contributed by atoms with Gasteiger partial charge in [-0.1, -0.05) is 6.07 Å². The van der Waals surface area contributed by atoms with Crippen molar-refractivity contribution in [1.82, 2.24) is 39.0 Å². The van der Waals surface area contributed by atoms with Crippen LogP contribution in [0.5, 0.6) is 5.88 Å². The van der Waals surface area contributed by atoms with Crippen LogP contribution in [0.25, 0.3) is 27.8 Å². The number of pyridine rings is 1. The fraction of sp³-hybridized carbons (Fsp3) is 0.346. The van der Waals surface area contributed by atoms with E-state index in [9.17, 15) is 4.79 Å². The Morgan fingerprint density at radius 1 is 1.08 bits per heavy atom. The average molecular weight is 500 g/mol. The van der Waals surface area contributed by atoms with E-state index in [1.807, 2.05) is 61.2 Å². The number of aryl methyl sites for hydroxylation is 1. The molecule has 0 amide bonds. The second-order valence-corrected chi connectivity index (χ2v) is 9.38. The zero-order valence-corrected chi connectivity index (χ0v) is 21.1. The van der Waals surface area contributed by atoms with Gasteiger partial charge in [-0.2, -0.15) is 15.1 Å². The second-order valence-electron chi connectivity index (χ2n) is 9.38. The van der Waals surface area contributed by atoms with Gasteiger partial charge in [0, 0.05) is 50.0 Å². The number of fused-ring (bicyclic) bond motifs is 2. The quantitative estimate of drug-likeness (QED) is 0.380. The van der Waals surface area contributed by atoms with Gasteiger partial charge < -0.3 is 15.0 Å². The predicted molar refractivity (Wildman–Crippen MR) is 142 cm³/mol. The summed E-state index contributed by atoms with van der Waals surface area (Å²) in [5.74, 6) is 1.50. The van der Waals surface area contributed by atoms with Gasteiger partial charge in [-0.3, -0.25) is 9.48 Å². The van der Waals surface area contributed by atoms with Gasteiger partial charge in [0.05, 0.1) is 11.7 Å². The first kappa shape index (κ1) is 23.2. The van der Waals surface area contributed by atoms with Crippen molar-refractivity contribution < 1.29 is 4.74 Å². The van der Waals surface area contributed by atoms with Crippen LogP contribution in [-0.4, -0.2) is 65.2 Å². The molecule has 5 aromatic rings. The number of benzene rings is 1. The first-order valence-corrected chi connectivity index (χ1v) is 12.5. The molecule has 0 spiro atoms. The third kappa shape index (κ3) is 4.31. The summed E-state index contributed by atoms with van der Waals surface area (Å²) in [6.07, 6.45) is 5.43. The standard InChI is InChI=1S/C26H29N9O2/c1-4-34-25(36)20-16-27-26(29-18-8-9-21-17(14-18)15-28-33(21)3)31-24(20)35(34)22-6-5-7-23(30-22)37-19-10-12-32(2)13-11-19/h5-9,14-16,19H,4,10-13H2,1-3H3,(H,27,29,31). The molecule has 1 fully saturated rings. The van der Waals surface area contributed by atoms with Crippen LogP contribution < -0.4 is 15.6 Å². The third-order valence-corrected chi connectivity index (χ3v) is 6.86. The van der Waals surface area contributed by atoms with Crippen molar-refractivity contribution >= 4 is 33.6 Å². The van der Waals surface area contributed by atoms with Crippen molar-refractivity contribution in [3.05, 3.63) is 59.1 Å². The lowest BCUT2D eigenvalue weighted by Crippen LogP contribution is -2.35. The maximum Gasteiger partial charge on any atom is 0.278 e. The molecule has 190 valence electrons. The van der Waals surface area contributed by atoms with Gasteiger partial charge >= 0.3 is 0 Å². The van der Waals surface area contributed by atoms with Crippen LogP contribution in [0, 0.1) is 0 Å². The fourth-order valence-corrected chi connectivity index (χ4v) is 4.84. The maximum atomic E-state index is 13.2. The van der Waals surface area contributed by atoms with Gasteiger partial charge in [-0.25, -0.2) is 14.3 Å². The number of anilines is 2. The van der Waals surface area contributed by atoms with E-state index in [4.69, 9.17) is 14.7 Å². The summed E-state index contributed by atoms with van der Waals surface area (Å²) in [6, 6.07) is 11.5. The Hall–Kier alpha value is -4.25. The molecule has 0 unspecified atom stereocenters. The number of nitrogens with zero attached hydrogens (tertiary/aromatic N) is 8. The van der Waals surface area contributed by atoms with E-state index in [0.717, 1.165) is 42.5 Å². The minimum atomic E-state index is -0.163. The largest absolute Gasteiger partial charge is 0.474 e. The lowest BCUT2D eigenvalue weighted by atomic mass is 10.1. The minimum absolute atomic E-state index is 0.129. The van der Waals surface area contributed by atoms with Gasteiger partial charge in [0.2, 0.25) is 11.8 Å². The SMILES string of the molecule is CCn1c(=O)c2cnc(Nc3ccc4c(cnn4C)c3)nc2n1-c1cccc(OC2CCN(C)CC2)n1. The molecule has 11 heteroatoms. The Morgan fingerprint density at radius 2 is 1.92 bits per heavy atom. The van der Waals surface area contributed by atoms with Gasteiger partial charge in [-0.05, 0) is 51.1 Å². The molecule has 37 heavy (non-hydrogen) atoms. The topological polar surface area (TPSA) is 108 Å². The van der Waals surface area contributed by atoms with Crippen LogP contribution in [0.3, 0.4) is 0 Å².